The van der Waals surface area contributed by atoms with Crippen molar-refractivity contribution in [3.8, 4) is 0 Å². The third-order valence-corrected chi connectivity index (χ3v) is 1.97. The topological polar surface area (TPSA) is 59.4 Å². The number of halogens is 1. The molecule has 74 valence electrons. The summed E-state index contributed by atoms with van der Waals surface area (Å²) >= 11 is 5.83. The van der Waals surface area contributed by atoms with Gasteiger partial charge in [-0.15, -0.1) is 11.6 Å². The predicted molar refractivity (Wildman–Crippen MR) is 52.0 cm³/mol. The minimum atomic E-state index is -0.169. The molecule has 1 atom stereocenters. The SMILES string of the molecule is CC(Cl)c1n[nH]c(Cn2cccn2)n1. The van der Waals surface area contributed by atoms with Crippen molar-refractivity contribution in [2.24, 2.45) is 0 Å². The summed E-state index contributed by atoms with van der Waals surface area (Å²) in [6, 6.07) is 1.86. The van der Waals surface area contributed by atoms with Crippen molar-refractivity contribution in [3.63, 3.8) is 0 Å². The lowest BCUT2D eigenvalue weighted by molar-refractivity contribution is 0.657. The van der Waals surface area contributed by atoms with Gasteiger partial charge >= 0.3 is 0 Å². The molecule has 0 fully saturated rings. The number of nitrogens with one attached hydrogen (secondary N) is 1. The highest BCUT2D eigenvalue weighted by Crippen LogP contribution is 2.13. The van der Waals surface area contributed by atoms with Crippen LogP contribution in [0.15, 0.2) is 18.5 Å². The van der Waals surface area contributed by atoms with E-state index in [0.29, 0.717) is 12.4 Å². The molecule has 1 N–H and O–H groups in total. The van der Waals surface area contributed by atoms with Crippen molar-refractivity contribution < 1.29 is 0 Å². The van der Waals surface area contributed by atoms with Crippen molar-refractivity contribution in [2.45, 2.75) is 18.8 Å². The fourth-order valence-corrected chi connectivity index (χ4v) is 1.20. The highest BCUT2D eigenvalue weighted by Gasteiger charge is 2.08. The number of nitrogens with zero attached hydrogens (tertiary/aromatic N) is 4. The Balaban J connectivity index is 2.11. The van der Waals surface area contributed by atoms with E-state index >= 15 is 0 Å². The van der Waals surface area contributed by atoms with Gasteiger partial charge in [0.05, 0.1) is 5.38 Å². The number of hydrogen-bond acceptors (Lipinski definition) is 3. The molecule has 5 nitrogen and oxygen atoms in total. The summed E-state index contributed by atoms with van der Waals surface area (Å²) in [5.41, 5.74) is 0. The smallest absolute Gasteiger partial charge is 0.168 e. The third-order valence-electron chi connectivity index (χ3n) is 1.78. The summed E-state index contributed by atoms with van der Waals surface area (Å²) in [6.45, 7) is 2.42. The summed E-state index contributed by atoms with van der Waals surface area (Å²) in [4.78, 5) is 4.23. The Morgan fingerprint density at radius 2 is 2.50 bits per heavy atom. The molecule has 0 saturated carbocycles. The summed E-state index contributed by atoms with van der Waals surface area (Å²) in [7, 11) is 0. The minimum Gasteiger partial charge on any atom is -0.265 e. The van der Waals surface area contributed by atoms with Gasteiger partial charge < -0.3 is 0 Å². The van der Waals surface area contributed by atoms with Crippen LogP contribution in [0, 0.1) is 0 Å². The number of hydrogen-bond donors (Lipinski definition) is 1. The van der Waals surface area contributed by atoms with Crippen LogP contribution in [0.2, 0.25) is 0 Å². The largest absolute Gasteiger partial charge is 0.265 e. The second-order valence-corrected chi connectivity index (χ2v) is 3.61. The van der Waals surface area contributed by atoms with Crippen molar-refractivity contribution >= 4 is 11.6 Å². The lowest BCUT2D eigenvalue weighted by Gasteiger charge is -1.95. The second-order valence-electron chi connectivity index (χ2n) is 2.96. The van der Waals surface area contributed by atoms with Gasteiger partial charge in [-0.25, -0.2) is 4.98 Å². The van der Waals surface area contributed by atoms with Gasteiger partial charge in [0.25, 0.3) is 0 Å². The van der Waals surface area contributed by atoms with Gasteiger partial charge in [0.15, 0.2) is 5.82 Å². The Morgan fingerprint density at radius 3 is 3.07 bits per heavy atom. The Hall–Kier alpha value is -1.36. The fourth-order valence-electron chi connectivity index (χ4n) is 1.11. The summed E-state index contributed by atoms with van der Waals surface area (Å²) < 4.78 is 1.77. The first-order valence-corrected chi connectivity index (χ1v) is 4.72. The highest BCUT2D eigenvalue weighted by molar-refractivity contribution is 6.20. The van der Waals surface area contributed by atoms with Crippen molar-refractivity contribution in [1.82, 2.24) is 25.0 Å². The zero-order chi connectivity index (χ0) is 9.97. The number of H-pyrrole nitrogens is 1. The molecule has 14 heavy (non-hydrogen) atoms. The maximum Gasteiger partial charge on any atom is 0.168 e. The minimum absolute atomic E-state index is 0.169. The maximum absolute atomic E-state index is 5.83. The van der Waals surface area contributed by atoms with Crippen molar-refractivity contribution in [3.05, 3.63) is 30.1 Å². The molecule has 0 amide bonds. The molecule has 0 aliphatic rings. The summed E-state index contributed by atoms with van der Waals surface area (Å²) in [5, 5.41) is 10.7. The lowest BCUT2D eigenvalue weighted by Crippen LogP contribution is -2.01. The Bertz CT molecular complexity index is 392. The van der Waals surface area contributed by atoms with Gasteiger partial charge in [0, 0.05) is 12.4 Å². The van der Waals surface area contributed by atoms with Gasteiger partial charge in [-0.05, 0) is 13.0 Å². The van der Waals surface area contributed by atoms with Crippen LogP contribution in [0.5, 0.6) is 0 Å². The molecule has 2 rings (SSSR count). The highest BCUT2D eigenvalue weighted by atomic mass is 35.5. The molecule has 2 aromatic heterocycles. The molecule has 0 saturated heterocycles. The first-order chi connectivity index (χ1) is 6.75. The van der Waals surface area contributed by atoms with E-state index in [4.69, 9.17) is 11.6 Å². The van der Waals surface area contributed by atoms with Crippen molar-refractivity contribution in [1.29, 1.82) is 0 Å². The van der Waals surface area contributed by atoms with E-state index in [1.807, 2.05) is 19.2 Å². The van der Waals surface area contributed by atoms with Crippen LogP contribution in [0.1, 0.15) is 23.9 Å². The van der Waals surface area contributed by atoms with Crippen LogP contribution in [0.4, 0.5) is 0 Å². The maximum atomic E-state index is 5.83. The lowest BCUT2D eigenvalue weighted by atomic mass is 10.4. The van der Waals surface area contributed by atoms with E-state index in [0.717, 1.165) is 5.82 Å². The van der Waals surface area contributed by atoms with Crippen LogP contribution in [0.3, 0.4) is 0 Å². The van der Waals surface area contributed by atoms with Gasteiger partial charge in [-0.3, -0.25) is 9.78 Å². The van der Waals surface area contributed by atoms with E-state index in [2.05, 4.69) is 20.3 Å². The summed E-state index contributed by atoms with van der Waals surface area (Å²) in [6.07, 6.45) is 3.59. The average Bonchev–Trinajstić information content (AvgIpc) is 2.75. The number of alkyl halides is 1. The fraction of sp³-hybridized carbons (Fsp3) is 0.375. The standard InChI is InChI=1S/C8H10ClN5/c1-6(9)8-11-7(12-13-8)5-14-4-2-3-10-14/h2-4,6H,5H2,1H3,(H,11,12,13). The zero-order valence-electron chi connectivity index (χ0n) is 7.68. The van der Waals surface area contributed by atoms with Crippen molar-refractivity contribution in [2.75, 3.05) is 0 Å². The van der Waals surface area contributed by atoms with Gasteiger partial charge in [-0.2, -0.15) is 10.2 Å². The van der Waals surface area contributed by atoms with Crippen LogP contribution < -0.4 is 0 Å². The molecule has 6 heteroatoms. The molecule has 1 unspecified atom stereocenters. The Labute approximate surface area is 86.1 Å². The van der Waals surface area contributed by atoms with Gasteiger partial charge in [0.1, 0.15) is 12.4 Å². The van der Waals surface area contributed by atoms with E-state index in [1.54, 1.807) is 10.9 Å². The number of rotatable bonds is 3. The molecule has 0 bridgehead atoms. The summed E-state index contributed by atoms with van der Waals surface area (Å²) in [5.74, 6) is 1.38. The normalized spacial score (nSPS) is 13.0. The number of aromatic nitrogens is 5. The van der Waals surface area contributed by atoms with Crippen LogP contribution in [0.25, 0.3) is 0 Å². The monoisotopic (exact) mass is 211 g/mol. The first kappa shape index (κ1) is 9.21. The molecule has 0 radical (unpaired) electrons. The van der Waals surface area contributed by atoms with Crippen LogP contribution in [-0.2, 0) is 6.54 Å². The molecule has 0 aliphatic heterocycles. The molecule has 0 aliphatic carbocycles. The number of aromatic amines is 1. The van der Waals surface area contributed by atoms with Crippen LogP contribution >= 0.6 is 11.6 Å². The molecule has 2 heterocycles. The zero-order valence-corrected chi connectivity index (χ0v) is 8.44. The third kappa shape index (κ3) is 1.93. The molecule has 2 aromatic rings. The molecular weight excluding hydrogens is 202 g/mol. The molecular formula is C8H10ClN5. The van der Waals surface area contributed by atoms with Gasteiger partial charge in [-0.1, -0.05) is 0 Å². The predicted octanol–water partition coefficient (Wildman–Crippen LogP) is 1.35. The Morgan fingerprint density at radius 1 is 1.64 bits per heavy atom. The first-order valence-electron chi connectivity index (χ1n) is 4.28. The van der Waals surface area contributed by atoms with E-state index in [9.17, 15) is 0 Å². The van der Waals surface area contributed by atoms with E-state index in [1.165, 1.54) is 0 Å². The molecule has 0 aromatic carbocycles. The average molecular weight is 212 g/mol. The second kappa shape index (κ2) is 3.79. The van der Waals surface area contributed by atoms with Gasteiger partial charge in [0.2, 0.25) is 0 Å². The molecule has 0 spiro atoms. The van der Waals surface area contributed by atoms with E-state index < -0.39 is 0 Å². The van der Waals surface area contributed by atoms with E-state index in [-0.39, 0.29) is 5.38 Å². The Kier molecular flexibility index (Phi) is 2.49. The quantitative estimate of drug-likeness (QED) is 0.780. The van der Waals surface area contributed by atoms with Crippen LogP contribution in [-0.4, -0.2) is 25.0 Å².